The molecule has 8 nitrogen and oxygen atoms in total. The zero-order chi connectivity index (χ0) is 54.2. The number of amides is 1. The van der Waals surface area contributed by atoms with E-state index in [1.54, 1.807) is 6.08 Å². The van der Waals surface area contributed by atoms with Gasteiger partial charge < -0.3 is 28.8 Å². The molecule has 0 rings (SSSR count). The molecule has 0 aliphatic heterocycles. The number of nitrogens with zero attached hydrogens (tertiary/aromatic N) is 1. The van der Waals surface area contributed by atoms with Crippen LogP contribution < -0.4 is 10.2 Å². The van der Waals surface area contributed by atoms with E-state index in [9.17, 15) is 19.4 Å². The smallest absolute Gasteiger partial charge is 0.268 e. The molecule has 2 N–H and O–H groups in total. The number of phosphoric ester groups is 1. The number of likely N-dealkylation sites (N-methyl/N-ethyl adjacent to an activating group) is 1. The minimum atomic E-state index is -4.63. The number of aliphatic hydroxyl groups is 1. The SMILES string of the molecule is CC/C=C\C/C=C\C/C=C\C/C=C\C/C=C\C/C=C\C/C=C\C/C=C\C/C=C\C/C=C\CCCCC(=O)NC(COP(=O)([O-])OCC[N+](C)(C)C)C(O)/C=C/CC/C=C/CCCCCCCCCCCCCCC. The van der Waals surface area contributed by atoms with Crippen molar-refractivity contribution in [3.8, 4) is 0 Å². The summed E-state index contributed by atoms with van der Waals surface area (Å²) in [5, 5.41) is 13.8. The van der Waals surface area contributed by atoms with Gasteiger partial charge in [0.2, 0.25) is 5.91 Å². The van der Waals surface area contributed by atoms with Crippen molar-refractivity contribution < 1.29 is 32.9 Å². The van der Waals surface area contributed by atoms with Crippen LogP contribution in [0.25, 0.3) is 0 Å². The third-order valence-corrected chi connectivity index (χ3v) is 13.0. The fourth-order valence-corrected chi connectivity index (χ4v) is 8.21. The molecule has 0 radical (unpaired) electrons. The molecule has 74 heavy (non-hydrogen) atoms. The third kappa shape index (κ3) is 56.1. The average molecular weight is 1050 g/mol. The molecule has 0 aromatic rings. The molecule has 0 heterocycles. The Balaban J connectivity index is 4.38. The van der Waals surface area contributed by atoms with Crippen molar-refractivity contribution in [3.05, 3.63) is 146 Å². The Morgan fingerprint density at radius 2 is 0.838 bits per heavy atom. The van der Waals surface area contributed by atoms with Gasteiger partial charge in [0, 0.05) is 6.42 Å². The summed E-state index contributed by atoms with van der Waals surface area (Å²) < 4.78 is 23.3. The molecule has 0 aliphatic carbocycles. The van der Waals surface area contributed by atoms with Crippen LogP contribution in [0.4, 0.5) is 0 Å². The molecule has 420 valence electrons. The van der Waals surface area contributed by atoms with Crippen molar-refractivity contribution in [1.29, 1.82) is 0 Å². The Hall–Kier alpha value is -3.62. The van der Waals surface area contributed by atoms with Gasteiger partial charge in [0.15, 0.2) is 0 Å². The van der Waals surface area contributed by atoms with E-state index in [0.717, 1.165) is 96.3 Å². The Morgan fingerprint density at radius 3 is 1.26 bits per heavy atom. The van der Waals surface area contributed by atoms with Crippen LogP contribution in [-0.4, -0.2) is 68.5 Å². The van der Waals surface area contributed by atoms with Gasteiger partial charge in [0.05, 0.1) is 39.9 Å². The number of allylic oxidation sites excluding steroid dienone is 23. The molecule has 0 aliphatic rings. The van der Waals surface area contributed by atoms with E-state index in [0.29, 0.717) is 17.4 Å². The van der Waals surface area contributed by atoms with Gasteiger partial charge in [-0.05, 0) is 109 Å². The molecule has 0 saturated heterocycles. The van der Waals surface area contributed by atoms with Gasteiger partial charge in [0.1, 0.15) is 13.2 Å². The summed E-state index contributed by atoms with van der Waals surface area (Å²) in [5.41, 5.74) is 0. The number of unbranched alkanes of at least 4 members (excludes halogenated alkanes) is 16. The highest BCUT2D eigenvalue weighted by molar-refractivity contribution is 7.45. The first-order valence-corrected chi connectivity index (χ1v) is 30.7. The monoisotopic (exact) mass is 1040 g/mol. The minimum absolute atomic E-state index is 0.0234. The van der Waals surface area contributed by atoms with Crippen LogP contribution in [0.2, 0.25) is 0 Å². The fourth-order valence-electron chi connectivity index (χ4n) is 7.49. The zero-order valence-corrected chi connectivity index (χ0v) is 48.6. The summed E-state index contributed by atoms with van der Waals surface area (Å²) in [6, 6.07) is -0.939. The van der Waals surface area contributed by atoms with Crippen molar-refractivity contribution in [3.63, 3.8) is 0 Å². The van der Waals surface area contributed by atoms with Gasteiger partial charge in [0.25, 0.3) is 7.82 Å². The molecule has 3 atom stereocenters. The van der Waals surface area contributed by atoms with E-state index in [1.165, 1.54) is 83.5 Å². The highest BCUT2D eigenvalue weighted by Gasteiger charge is 2.23. The second-order valence-corrected chi connectivity index (χ2v) is 21.7. The van der Waals surface area contributed by atoms with Crippen LogP contribution >= 0.6 is 7.82 Å². The van der Waals surface area contributed by atoms with Crippen molar-refractivity contribution in [2.24, 2.45) is 0 Å². The molecule has 0 aromatic heterocycles. The standard InChI is InChI=1S/C65H109N2O6P/c1-6-8-10-12-14-16-18-20-22-24-26-27-28-29-30-31-32-33-34-35-36-37-38-39-41-43-45-47-49-51-53-55-57-59-65(69)66-63(62-73-74(70,71)72-61-60-67(3,4)5)64(68)58-56-54-52-50-48-46-44-42-40-25-23-21-19-17-15-13-11-9-7-2/h8,10,14,16,20,22,26-27,29-30,32-33,35-36,38-39,43,45,48-51,56,58,63-64,68H,6-7,9,11-13,15,17-19,21,23-25,28,31,34,37,40-42,44,46-47,52-55,57,59-62H2,1-5H3,(H-,66,69,70,71)/b10-8-,16-14-,22-20-,27-26-,30-29-,33-32-,36-35-,39-38-,45-43-,50-48+,51-49-,58-56+. The third-order valence-electron chi connectivity index (χ3n) is 12.0. The summed E-state index contributed by atoms with van der Waals surface area (Å²) in [6.07, 6.45) is 83.6. The maximum absolute atomic E-state index is 12.9. The van der Waals surface area contributed by atoms with E-state index >= 15 is 0 Å². The average Bonchev–Trinajstić information content (AvgIpc) is 3.36. The summed E-state index contributed by atoms with van der Waals surface area (Å²) in [4.78, 5) is 25.5. The van der Waals surface area contributed by atoms with Gasteiger partial charge >= 0.3 is 0 Å². The van der Waals surface area contributed by atoms with Crippen molar-refractivity contribution in [2.45, 2.75) is 219 Å². The number of hydrogen-bond donors (Lipinski definition) is 2. The van der Waals surface area contributed by atoms with Crippen molar-refractivity contribution >= 4 is 13.7 Å². The number of quaternary nitrogens is 1. The summed E-state index contributed by atoms with van der Waals surface area (Å²) >= 11 is 0. The topological polar surface area (TPSA) is 108 Å². The number of carbonyl (C=O) groups excluding carboxylic acids is 1. The van der Waals surface area contributed by atoms with Crippen molar-refractivity contribution in [1.82, 2.24) is 5.32 Å². The predicted octanol–water partition coefficient (Wildman–Crippen LogP) is 17.5. The lowest BCUT2D eigenvalue weighted by molar-refractivity contribution is -0.870. The predicted molar refractivity (Wildman–Crippen MR) is 320 cm³/mol. The summed E-state index contributed by atoms with van der Waals surface area (Å²) in [7, 11) is 1.19. The Labute approximate surface area is 455 Å². The Kier molecular flexibility index (Phi) is 51.5. The highest BCUT2D eigenvalue weighted by Crippen LogP contribution is 2.38. The second kappa shape index (κ2) is 54.2. The largest absolute Gasteiger partial charge is 0.756 e. The first-order chi connectivity index (χ1) is 36.0. The number of rotatable bonds is 51. The minimum Gasteiger partial charge on any atom is -0.756 e. The van der Waals surface area contributed by atoms with Gasteiger partial charge in [-0.3, -0.25) is 9.36 Å². The molecule has 0 bridgehead atoms. The van der Waals surface area contributed by atoms with Gasteiger partial charge in [-0.2, -0.15) is 0 Å². The first kappa shape index (κ1) is 70.4. The molecule has 0 aromatic carbocycles. The number of aliphatic hydroxyl groups excluding tert-OH is 1. The number of hydrogen-bond acceptors (Lipinski definition) is 6. The lowest BCUT2D eigenvalue weighted by atomic mass is 10.0. The molecule has 1 amide bonds. The highest BCUT2D eigenvalue weighted by atomic mass is 31.2. The normalized spacial score (nSPS) is 15.0. The maximum atomic E-state index is 12.9. The quantitative estimate of drug-likeness (QED) is 0.0272. The lowest BCUT2D eigenvalue weighted by Gasteiger charge is -2.29. The van der Waals surface area contributed by atoms with E-state index < -0.39 is 26.6 Å². The molecular weight excluding hydrogens is 936 g/mol. The van der Waals surface area contributed by atoms with E-state index in [1.807, 2.05) is 27.2 Å². The number of nitrogens with one attached hydrogen (secondary N) is 1. The first-order valence-electron chi connectivity index (χ1n) is 29.2. The van der Waals surface area contributed by atoms with Crippen LogP contribution in [0.5, 0.6) is 0 Å². The Morgan fingerprint density at radius 1 is 0.486 bits per heavy atom. The summed E-state index contributed by atoms with van der Waals surface area (Å²) in [6.45, 7) is 4.46. The maximum Gasteiger partial charge on any atom is 0.268 e. The lowest BCUT2D eigenvalue weighted by Crippen LogP contribution is -2.45. The molecule has 0 spiro atoms. The summed E-state index contributed by atoms with van der Waals surface area (Å²) in [5.74, 6) is -0.255. The number of carbonyl (C=O) groups is 1. The van der Waals surface area contributed by atoms with E-state index in [4.69, 9.17) is 9.05 Å². The molecule has 9 heteroatoms. The van der Waals surface area contributed by atoms with Gasteiger partial charge in [-0.25, -0.2) is 0 Å². The molecular formula is C65H109N2O6P. The van der Waals surface area contributed by atoms with Crippen LogP contribution in [0.1, 0.15) is 206 Å². The van der Waals surface area contributed by atoms with E-state index in [-0.39, 0.29) is 18.9 Å². The fraction of sp³-hybridized carbons (Fsp3) is 0.615. The van der Waals surface area contributed by atoms with Crippen LogP contribution in [0, 0.1) is 0 Å². The van der Waals surface area contributed by atoms with Crippen molar-refractivity contribution in [2.75, 3.05) is 40.9 Å². The zero-order valence-electron chi connectivity index (χ0n) is 47.7. The second-order valence-electron chi connectivity index (χ2n) is 20.3. The Bertz CT molecular complexity index is 1710. The number of phosphoric acid groups is 1. The molecule has 0 saturated carbocycles. The molecule has 0 fully saturated rings. The van der Waals surface area contributed by atoms with E-state index in [2.05, 4.69) is 153 Å². The van der Waals surface area contributed by atoms with Gasteiger partial charge in [-0.1, -0.05) is 237 Å². The van der Waals surface area contributed by atoms with Gasteiger partial charge in [-0.15, -0.1) is 0 Å². The van der Waals surface area contributed by atoms with Crippen LogP contribution in [0.3, 0.4) is 0 Å². The molecule has 3 unspecified atom stereocenters. The van der Waals surface area contributed by atoms with Crippen LogP contribution in [0.15, 0.2) is 146 Å². The van der Waals surface area contributed by atoms with Crippen LogP contribution in [-0.2, 0) is 18.4 Å².